The van der Waals surface area contributed by atoms with Gasteiger partial charge in [0.25, 0.3) is 0 Å². The summed E-state index contributed by atoms with van der Waals surface area (Å²) >= 11 is -2.99. The van der Waals surface area contributed by atoms with E-state index in [0.29, 0.717) is 0 Å². The third kappa shape index (κ3) is 2.36. The van der Waals surface area contributed by atoms with Crippen molar-refractivity contribution >= 4 is 0 Å². The Morgan fingerprint density at radius 1 is 0.647 bits per heavy atom. The van der Waals surface area contributed by atoms with Crippen LogP contribution in [-0.4, -0.2) is 14.2 Å². The average Bonchev–Trinajstić information content (AvgIpc) is 2.43. The van der Waals surface area contributed by atoms with E-state index in [4.69, 9.17) is 6.13 Å². The number of rotatable bonds is 4. The fraction of sp³-hybridized carbons (Fsp3) is 0.143. The molecule has 0 fully saturated rings. The molecular weight excluding hydrogens is 327 g/mol. The molecule has 17 heavy (non-hydrogen) atoms. The van der Waals surface area contributed by atoms with Crippen molar-refractivity contribution in [3.63, 3.8) is 0 Å². The molecule has 0 saturated heterocycles. The molecule has 2 rings (SSSR count). The Balaban J connectivity index is 2.54. The van der Waals surface area contributed by atoms with Gasteiger partial charge in [0.2, 0.25) is 0 Å². The first kappa shape index (κ1) is 12.5. The van der Waals surface area contributed by atoms with E-state index < -0.39 is 19.3 Å². The van der Waals surface area contributed by atoms with E-state index in [0.717, 1.165) is 7.14 Å². The summed E-state index contributed by atoms with van der Waals surface area (Å²) in [5, 5.41) is 0. The maximum atomic E-state index is 5.82. The van der Waals surface area contributed by atoms with Crippen LogP contribution < -0.4 is 19.3 Å². The molecule has 0 aliphatic carbocycles. The van der Waals surface area contributed by atoms with Crippen LogP contribution in [0.5, 0.6) is 0 Å². The molecule has 2 aromatic rings. The quantitative estimate of drug-likeness (QED) is 0.729. The Bertz CT molecular complexity index is 411. The second-order valence-corrected chi connectivity index (χ2v) is 10.3. The van der Waals surface area contributed by atoms with Crippen molar-refractivity contribution in [1.82, 2.24) is 0 Å². The molecule has 2 nitrogen and oxygen atoms in total. The third-order valence-corrected chi connectivity index (χ3v) is 9.67. The summed E-state index contributed by atoms with van der Waals surface area (Å²) in [5.41, 5.74) is 0. The molecule has 0 amide bonds. The van der Waals surface area contributed by atoms with Crippen molar-refractivity contribution in [2.45, 2.75) is 0 Å². The van der Waals surface area contributed by atoms with Crippen LogP contribution in [0.15, 0.2) is 60.7 Å². The van der Waals surface area contributed by atoms with Crippen molar-refractivity contribution in [3.05, 3.63) is 67.8 Å². The molecule has 0 bridgehead atoms. The Labute approximate surface area is 107 Å². The van der Waals surface area contributed by atoms with Gasteiger partial charge < -0.3 is 0 Å². The molecule has 0 saturated carbocycles. The van der Waals surface area contributed by atoms with Gasteiger partial charge in [-0.25, -0.2) is 0 Å². The third-order valence-electron chi connectivity index (χ3n) is 2.48. The summed E-state index contributed by atoms with van der Waals surface area (Å²) in [4.78, 5) is 0. The molecule has 0 radical (unpaired) electrons. The number of halogens is 1. The van der Waals surface area contributed by atoms with Crippen LogP contribution in [0.2, 0.25) is 0 Å². The van der Waals surface area contributed by atoms with Crippen LogP contribution in [0.4, 0.5) is 0 Å². The van der Waals surface area contributed by atoms with Gasteiger partial charge >= 0.3 is 107 Å². The summed E-state index contributed by atoms with van der Waals surface area (Å²) in [5.74, 6) is 0. The summed E-state index contributed by atoms with van der Waals surface area (Å²) in [7, 11) is 3.47. The topological polar surface area (TPSA) is 18.5 Å². The normalized spacial score (nSPS) is 12.4. The minimum atomic E-state index is -2.99. The Morgan fingerprint density at radius 3 is 1.29 bits per heavy atom. The first-order chi connectivity index (χ1) is 8.33. The van der Waals surface area contributed by atoms with Crippen molar-refractivity contribution < 1.29 is 25.4 Å². The van der Waals surface area contributed by atoms with Crippen molar-refractivity contribution in [2.75, 3.05) is 14.2 Å². The number of hydrogen-bond acceptors (Lipinski definition) is 2. The number of hydrogen-bond donors (Lipinski definition) is 0. The summed E-state index contributed by atoms with van der Waals surface area (Å²) in [6.45, 7) is 0. The van der Waals surface area contributed by atoms with Gasteiger partial charge in [-0.3, -0.25) is 0 Å². The molecule has 0 heterocycles. The zero-order chi connectivity index (χ0) is 12.1. The molecule has 0 spiro atoms. The van der Waals surface area contributed by atoms with Gasteiger partial charge in [-0.1, -0.05) is 0 Å². The van der Waals surface area contributed by atoms with Crippen LogP contribution in [-0.2, 0) is 6.13 Å². The zero-order valence-corrected chi connectivity index (χ0v) is 12.1. The van der Waals surface area contributed by atoms with Gasteiger partial charge in [0.1, 0.15) is 0 Å². The first-order valence-corrected chi connectivity index (χ1v) is 9.24. The minimum absolute atomic E-state index is 1.16. The van der Waals surface area contributed by atoms with E-state index in [2.05, 4.69) is 24.3 Å². The molecule has 0 unspecified atom stereocenters. The Hall–Kier alpha value is -0.910. The SMILES string of the molecule is CO[I+](OC)(c1ccccc1)c1ccccc1. The van der Waals surface area contributed by atoms with Gasteiger partial charge in [-0.05, 0) is 0 Å². The predicted octanol–water partition coefficient (Wildman–Crippen LogP) is 0.00920. The first-order valence-electron chi connectivity index (χ1n) is 5.32. The summed E-state index contributed by atoms with van der Waals surface area (Å²) in [6.07, 6.45) is 0. The van der Waals surface area contributed by atoms with Crippen LogP contribution >= 0.6 is 0 Å². The Kier molecular flexibility index (Phi) is 4.15. The van der Waals surface area contributed by atoms with Crippen LogP contribution in [0.25, 0.3) is 0 Å². The standard InChI is InChI=1S/C14H16IO2/c1-16-15(17-2,13-9-5-3-6-10-13)14-11-7-4-8-12-14/h3-12H,1-2H3/q+1. The summed E-state index contributed by atoms with van der Waals surface area (Å²) in [6, 6.07) is 20.4. The summed E-state index contributed by atoms with van der Waals surface area (Å²) < 4.78 is 14.0. The molecule has 0 aromatic heterocycles. The van der Waals surface area contributed by atoms with Crippen LogP contribution in [0.1, 0.15) is 0 Å². The molecule has 3 heteroatoms. The van der Waals surface area contributed by atoms with E-state index >= 15 is 0 Å². The zero-order valence-electron chi connectivity index (χ0n) is 9.97. The van der Waals surface area contributed by atoms with Gasteiger partial charge in [-0.2, -0.15) is 0 Å². The van der Waals surface area contributed by atoms with Crippen molar-refractivity contribution in [3.8, 4) is 0 Å². The molecule has 2 aromatic carbocycles. The maximum absolute atomic E-state index is 5.82. The average molecular weight is 343 g/mol. The van der Waals surface area contributed by atoms with Gasteiger partial charge in [-0.15, -0.1) is 0 Å². The molecule has 90 valence electrons. The van der Waals surface area contributed by atoms with Gasteiger partial charge in [0.15, 0.2) is 0 Å². The Morgan fingerprint density at radius 2 is 1.00 bits per heavy atom. The molecule has 0 aliphatic rings. The van der Waals surface area contributed by atoms with E-state index in [9.17, 15) is 0 Å². The molecule has 0 N–H and O–H groups in total. The van der Waals surface area contributed by atoms with Crippen molar-refractivity contribution in [2.24, 2.45) is 0 Å². The monoisotopic (exact) mass is 343 g/mol. The number of benzene rings is 2. The van der Waals surface area contributed by atoms with Crippen LogP contribution in [0, 0.1) is 7.14 Å². The van der Waals surface area contributed by atoms with Gasteiger partial charge in [0, 0.05) is 0 Å². The fourth-order valence-electron chi connectivity index (χ4n) is 1.71. The second kappa shape index (κ2) is 5.62. The van der Waals surface area contributed by atoms with E-state index in [-0.39, 0.29) is 0 Å². The van der Waals surface area contributed by atoms with Crippen LogP contribution in [0.3, 0.4) is 0 Å². The molecule has 0 aliphatic heterocycles. The second-order valence-electron chi connectivity index (χ2n) is 3.37. The van der Waals surface area contributed by atoms with Gasteiger partial charge in [0.05, 0.1) is 0 Å². The molecular formula is C14H16IO2+. The van der Waals surface area contributed by atoms with E-state index in [1.165, 1.54) is 0 Å². The predicted molar refractivity (Wildman–Crippen MR) is 64.3 cm³/mol. The fourth-order valence-corrected chi connectivity index (χ4v) is 7.54. The van der Waals surface area contributed by atoms with E-state index in [1.54, 1.807) is 14.2 Å². The molecule has 0 atom stereocenters. The van der Waals surface area contributed by atoms with Crippen molar-refractivity contribution in [1.29, 1.82) is 0 Å². The van der Waals surface area contributed by atoms with E-state index in [1.807, 2.05) is 36.4 Å².